The third kappa shape index (κ3) is 2.18. The number of H-pyrrole nitrogens is 1. The Morgan fingerprint density at radius 3 is 2.65 bits per heavy atom. The number of nitrogens with zero attached hydrogens (tertiary/aromatic N) is 3. The Morgan fingerprint density at radius 2 is 1.81 bits per heavy atom. The number of nitrogens with two attached hydrogens (primary N) is 1. The summed E-state index contributed by atoms with van der Waals surface area (Å²) in [6.07, 6.45) is 5.56. The number of hydrogen-bond donors (Lipinski definition) is 2. The number of aryl methyl sites for hydroxylation is 1. The van der Waals surface area contributed by atoms with Gasteiger partial charge in [0.1, 0.15) is 22.9 Å². The normalized spacial score (nSPS) is 11.4. The first-order valence-corrected chi connectivity index (χ1v) is 8.48. The minimum absolute atomic E-state index is 0.475. The maximum absolute atomic E-state index is 6.21. The molecule has 5 rings (SSSR count). The summed E-state index contributed by atoms with van der Waals surface area (Å²) in [4.78, 5) is 12.5. The molecule has 0 aliphatic carbocycles. The molecule has 5 nitrogen and oxygen atoms in total. The lowest BCUT2D eigenvalue weighted by molar-refractivity contribution is 1.13. The lowest BCUT2D eigenvalue weighted by Crippen LogP contribution is -1.96. The zero-order valence-electron chi connectivity index (χ0n) is 14.3. The molecule has 3 N–H and O–H groups in total. The van der Waals surface area contributed by atoms with Crippen molar-refractivity contribution in [1.82, 2.24) is 19.4 Å². The highest BCUT2D eigenvalue weighted by Gasteiger charge is 2.17. The van der Waals surface area contributed by atoms with Crippen molar-refractivity contribution >= 4 is 22.2 Å². The molecule has 3 aromatic heterocycles. The predicted molar refractivity (Wildman–Crippen MR) is 105 cm³/mol. The number of imidazole rings is 1. The zero-order valence-corrected chi connectivity index (χ0v) is 14.3. The fraction of sp³-hybridized carbons (Fsp3) is 0.0476. The van der Waals surface area contributed by atoms with Crippen molar-refractivity contribution in [1.29, 1.82) is 0 Å². The molecule has 0 saturated carbocycles. The van der Waals surface area contributed by atoms with Crippen LogP contribution >= 0.6 is 0 Å². The number of anilines is 1. The average molecular weight is 339 g/mol. The average Bonchev–Trinajstić information content (AvgIpc) is 3.27. The molecule has 5 aromatic rings. The molecule has 0 spiro atoms. The number of fused-ring (bicyclic) bond motifs is 2. The Kier molecular flexibility index (Phi) is 3.09. The smallest absolute Gasteiger partial charge is 0.150 e. The molecule has 0 saturated heterocycles. The molecule has 2 aromatic carbocycles. The van der Waals surface area contributed by atoms with E-state index in [2.05, 4.69) is 65.4 Å². The van der Waals surface area contributed by atoms with E-state index in [1.54, 1.807) is 6.20 Å². The number of benzene rings is 2. The highest BCUT2D eigenvalue weighted by atomic mass is 15.1. The van der Waals surface area contributed by atoms with Crippen molar-refractivity contribution in [3.8, 4) is 22.6 Å². The van der Waals surface area contributed by atoms with E-state index in [0.717, 1.165) is 33.7 Å². The Bertz CT molecular complexity index is 1240. The summed E-state index contributed by atoms with van der Waals surface area (Å²) in [7, 11) is 0. The van der Waals surface area contributed by atoms with Crippen LogP contribution in [0.4, 0.5) is 5.82 Å². The van der Waals surface area contributed by atoms with Gasteiger partial charge in [-0.05, 0) is 24.4 Å². The van der Waals surface area contributed by atoms with Crippen molar-refractivity contribution in [2.45, 2.75) is 6.92 Å². The predicted octanol–water partition coefficient (Wildman–Crippen LogP) is 4.44. The topological polar surface area (TPSA) is 72.0 Å². The van der Waals surface area contributed by atoms with E-state index in [1.165, 1.54) is 10.9 Å². The summed E-state index contributed by atoms with van der Waals surface area (Å²) in [6, 6.07) is 16.7. The van der Waals surface area contributed by atoms with Crippen molar-refractivity contribution in [2.75, 3.05) is 5.73 Å². The van der Waals surface area contributed by atoms with Gasteiger partial charge in [0.15, 0.2) is 0 Å². The highest BCUT2D eigenvalue weighted by molar-refractivity contribution is 5.90. The van der Waals surface area contributed by atoms with Crippen LogP contribution in [0.15, 0.2) is 67.1 Å². The number of nitrogen functional groups attached to an aromatic ring is 1. The van der Waals surface area contributed by atoms with Gasteiger partial charge in [0.2, 0.25) is 0 Å². The monoisotopic (exact) mass is 339 g/mol. The van der Waals surface area contributed by atoms with Crippen molar-refractivity contribution < 1.29 is 0 Å². The Balaban J connectivity index is 1.80. The molecule has 0 fully saturated rings. The first kappa shape index (κ1) is 14.7. The number of hydrogen-bond acceptors (Lipinski definition) is 3. The summed E-state index contributed by atoms with van der Waals surface area (Å²) < 4.78 is 2.02. The van der Waals surface area contributed by atoms with Crippen molar-refractivity contribution in [2.24, 2.45) is 0 Å². The zero-order chi connectivity index (χ0) is 17.7. The third-order valence-electron chi connectivity index (χ3n) is 4.72. The van der Waals surface area contributed by atoms with Crippen molar-refractivity contribution in [3.05, 3.63) is 72.7 Å². The molecule has 26 heavy (non-hydrogen) atoms. The van der Waals surface area contributed by atoms with Crippen LogP contribution < -0.4 is 5.73 Å². The number of nitrogens with one attached hydrogen (secondary N) is 1. The molecule has 0 aliphatic heterocycles. The third-order valence-corrected chi connectivity index (χ3v) is 4.72. The van der Waals surface area contributed by atoms with Gasteiger partial charge in [-0.1, -0.05) is 42.0 Å². The fourth-order valence-electron chi connectivity index (χ4n) is 3.37. The standard InChI is InChI=1S/C21H17N5/c1-13-2-4-15(5-3-13)18-19-20(22)24-10-11-26(19)21(25-18)16-7-6-14-8-9-23-17(14)12-16/h2-12,23H,1H3,(H2,22,24). The summed E-state index contributed by atoms with van der Waals surface area (Å²) in [5, 5.41) is 1.18. The first-order valence-electron chi connectivity index (χ1n) is 8.48. The lowest BCUT2D eigenvalue weighted by Gasteiger charge is -2.03. The molecule has 3 heterocycles. The van der Waals surface area contributed by atoms with Gasteiger partial charge in [-0.3, -0.25) is 4.40 Å². The van der Waals surface area contributed by atoms with Gasteiger partial charge < -0.3 is 10.7 Å². The van der Waals surface area contributed by atoms with E-state index >= 15 is 0 Å². The van der Waals surface area contributed by atoms with Gasteiger partial charge in [0.05, 0.1) is 0 Å². The van der Waals surface area contributed by atoms with Crippen LogP contribution in [0.3, 0.4) is 0 Å². The fourth-order valence-corrected chi connectivity index (χ4v) is 3.37. The number of aromatic nitrogens is 4. The van der Waals surface area contributed by atoms with E-state index in [9.17, 15) is 0 Å². The first-order chi connectivity index (χ1) is 12.7. The van der Waals surface area contributed by atoms with Crippen LogP contribution in [0.2, 0.25) is 0 Å². The second-order valence-corrected chi connectivity index (χ2v) is 6.46. The molecular formula is C21H17N5. The summed E-state index contributed by atoms with van der Waals surface area (Å²) >= 11 is 0. The second kappa shape index (κ2) is 5.46. The minimum Gasteiger partial charge on any atom is -0.382 e. The second-order valence-electron chi connectivity index (χ2n) is 6.46. The van der Waals surface area contributed by atoms with Crippen LogP contribution in [0, 0.1) is 6.92 Å². The van der Waals surface area contributed by atoms with Crippen LogP contribution in [0.1, 0.15) is 5.56 Å². The maximum Gasteiger partial charge on any atom is 0.150 e. The molecule has 0 atom stereocenters. The van der Waals surface area contributed by atoms with Gasteiger partial charge in [-0.15, -0.1) is 0 Å². The Morgan fingerprint density at radius 1 is 1.00 bits per heavy atom. The van der Waals surface area contributed by atoms with Gasteiger partial charge in [-0.2, -0.15) is 0 Å². The largest absolute Gasteiger partial charge is 0.382 e. The van der Waals surface area contributed by atoms with Crippen LogP contribution in [-0.2, 0) is 0 Å². The number of aromatic amines is 1. The Labute approximate surface area is 150 Å². The molecule has 0 aliphatic rings. The quantitative estimate of drug-likeness (QED) is 0.499. The summed E-state index contributed by atoms with van der Waals surface area (Å²) in [5.74, 6) is 1.32. The van der Waals surface area contributed by atoms with Crippen LogP contribution in [-0.4, -0.2) is 19.4 Å². The molecular weight excluding hydrogens is 322 g/mol. The highest BCUT2D eigenvalue weighted by Crippen LogP contribution is 2.32. The molecule has 0 amide bonds. The summed E-state index contributed by atoms with van der Waals surface area (Å²) in [5.41, 5.74) is 12.2. The molecule has 126 valence electrons. The van der Waals surface area contributed by atoms with E-state index in [4.69, 9.17) is 10.7 Å². The molecule has 0 bridgehead atoms. The summed E-state index contributed by atoms with van der Waals surface area (Å²) in [6.45, 7) is 2.07. The number of rotatable bonds is 2. The van der Waals surface area contributed by atoms with Gasteiger partial charge in [0, 0.05) is 35.2 Å². The van der Waals surface area contributed by atoms with Gasteiger partial charge >= 0.3 is 0 Å². The van der Waals surface area contributed by atoms with E-state index < -0.39 is 0 Å². The lowest BCUT2D eigenvalue weighted by atomic mass is 10.1. The van der Waals surface area contributed by atoms with E-state index in [-0.39, 0.29) is 0 Å². The van der Waals surface area contributed by atoms with Crippen molar-refractivity contribution in [3.63, 3.8) is 0 Å². The molecule has 0 unspecified atom stereocenters. The van der Waals surface area contributed by atoms with E-state index in [1.807, 2.05) is 16.8 Å². The molecule has 0 radical (unpaired) electrons. The molecule has 5 heteroatoms. The van der Waals surface area contributed by atoms with Gasteiger partial charge in [-0.25, -0.2) is 9.97 Å². The maximum atomic E-state index is 6.21. The van der Waals surface area contributed by atoms with Gasteiger partial charge in [0.25, 0.3) is 0 Å². The van der Waals surface area contributed by atoms with Crippen LogP contribution in [0.5, 0.6) is 0 Å². The van der Waals surface area contributed by atoms with Crippen LogP contribution in [0.25, 0.3) is 39.1 Å². The minimum atomic E-state index is 0.475. The Hall–Kier alpha value is -3.60. The van der Waals surface area contributed by atoms with E-state index in [0.29, 0.717) is 5.82 Å². The SMILES string of the molecule is Cc1ccc(-c2nc(-c3ccc4cc[nH]c4c3)n3ccnc(N)c23)cc1.